The Morgan fingerprint density at radius 3 is 0.904 bits per heavy atom. The van der Waals surface area contributed by atoms with Crippen LogP contribution in [0.2, 0.25) is 0 Å². The molecule has 104 heavy (non-hydrogen) atoms. The molecule has 0 spiro atoms. The number of benzene rings is 8. The Kier molecular flexibility index (Phi) is 29.6. The van der Waals surface area contributed by atoms with Gasteiger partial charge in [0.05, 0.1) is 56.3 Å². The highest BCUT2D eigenvalue weighted by atomic mass is 35.5. The van der Waals surface area contributed by atoms with E-state index >= 15 is 0 Å². The van der Waals surface area contributed by atoms with Gasteiger partial charge in [-0.1, -0.05) is 163 Å². The Morgan fingerprint density at radius 1 is 0.423 bits per heavy atom. The number of hydrogen-bond acceptors (Lipinski definition) is 15. The van der Waals surface area contributed by atoms with Crippen molar-refractivity contribution in [2.45, 2.75) is 123 Å². The number of hydrogen-bond donors (Lipinski definition) is 1. The van der Waals surface area contributed by atoms with Crippen LogP contribution in [0.1, 0.15) is 123 Å². The van der Waals surface area contributed by atoms with Crippen LogP contribution in [0.25, 0.3) is 77.9 Å². The van der Waals surface area contributed by atoms with Crippen molar-refractivity contribution >= 4 is 97.2 Å². The Labute approximate surface area is 626 Å². The molecule has 0 saturated carbocycles. The molecule has 10 aromatic rings. The van der Waals surface area contributed by atoms with Crippen molar-refractivity contribution in [2.24, 2.45) is 34.5 Å². The first-order valence-electron chi connectivity index (χ1n) is 34.6. The van der Waals surface area contributed by atoms with E-state index in [2.05, 4.69) is 120 Å². The van der Waals surface area contributed by atoms with Gasteiger partial charge in [0.15, 0.2) is 0 Å². The van der Waals surface area contributed by atoms with Crippen LogP contribution in [0.15, 0.2) is 170 Å². The smallest absolute Gasteiger partial charge is 0.313 e. The van der Waals surface area contributed by atoms with Gasteiger partial charge in [-0.25, -0.2) is 0 Å². The fourth-order valence-corrected chi connectivity index (χ4v) is 11.0. The van der Waals surface area contributed by atoms with Crippen molar-refractivity contribution < 1.29 is 47.7 Å². The van der Waals surface area contributed by atoms with Crippen molar-refractivity contribution in [1.29, 1.82) is 0 Å². The molecule has 2 fully saturated rings. The van der Waals surface area contributed by atoms with Crippen LogP contribution >= 0.6 is 34.8 Å². The molecular formula is C83H97Cl3N8O10. The average molecular weight is 1470 g/mol. The molecule has 2 aromatic heterocycles. The number of ether oxygens (including phenoxy) is 5. The van der Waals surface area contributed by atoms with Gasteiger partial charge in [0.2, 0.25) is 17.1 Å². The van der Waals surface area contributed by atoms with E-state index in [1.807, 2.05) is 137 Å². The molecular weight excluding hydrogens is 1380 g/mol. The minimum atomic E-state index is -0.402. The van der Waals surface area contributed by atoms with Crippen LogP contribution in [0.4, 0.5) is 11.4 Å². The Balaban J connectivity index is 0.000000236. The summed E-state index contributed by atoms with van der Waals surface area (Å²) in [6.07, 6.45) is 1.35. The topological polar surface area (TPSA) is 222 Å². The summed E-state index contributed by atoms with van der Waals surface area (Å²) in [5, 5.41) is 19.5. The van der Waals surface area contributed by atoms with Crippen LogP contribution in [0.3, 0.4) is 0 Å². The van der Waals surface area contributed by atoms with Gasteiger partial charge >= 0.3 is 11.9 Å². The number of fused-ring (bicyclic) bond motifs is 2. The lowest BCUT2D eigenvalue weighted by Gasteiger charge is -2.34. The molecule has 18 nitrogen and oxygen atoms in total. The first kappa shape index (κ1) is 81.7. The number of anilines is 2. The zero-order chi connectivity index (χ0) is 74.7. The highest BCUT2D eigenvalue weighted by Crippen LogP contribution is 2.40. The van der Waals surface area contributed by atoms with Crippen LogP contribution in [0.5, 0.6) is 23.0 Å². The number of imide groups is 1. The van der Waals surface area contributed by atoms with E-state index in [1.54, 1.807) is 21.7 Å². The van der Waals surface area contributed by atoms with Gasteiger partial charge in [-0.05, 0) is 165 Å². The third-order valence-corrected chi connectivity index (χ3v) is 16.4. The van der Waals surface area contributed by atoms with Crippen molar-refractivity contribution in [2.75, 3.05) is 48.8 Å². The summed E-state index contributed by atoms with van der Waals surface area (Å²) < 4.78 is 27.9. The minimum Gasteiger partial charge on any atom is -0.493 e. The van der Waals surface area contributed by atoms with Gasteiger partial charge in [-0.15, -0.1) is 43.6 Å². The third kappa shape index (κ3) is 23.4. The fraction of sp³-hybridized carbons (Fsp3) is 0.361. The average Bonchev–Trinajstić information content (AvgIpc) is 1.58. The number of nitrogen functional groups attached to an aromatic ring is 1. The maximum absolute atomic E-state index is 12.9. The summed E-state index contributed by atoms with van der Waals surface area (Å²) in [7, 11) is 0. The largest absolute Gasteiger partial charge is 0.493 e. The molecule has 0 bridgehead atoms. The molecule has 4 heterocycles. The van der Waals surface area contributed by atoms with Gasteiger partial charge in [-0.3, -0.25) is 28.9 Å². The molecule has 0 radical (unpaired) electrons. The minimum absolute atomic E-state index is 0. The lowest BCUT2D eigenvalue weighted by molar-refractivity contribution is -0.168. The highest BCUT2D eigenvalue weighted by molar-refractivity contribution is 6.62. The second kappa shape index (κ2) is 37.7. The van der Waals surface area contributed by atoms with E-state index < -0.39 is 11.9 Å². The Hall–Kier alpha value is -9.62. The van der Waals surface area contributed by atoms with E-state index in [1.165, 1.54) is 11.8 Å². The van der Waals surface area contributed by atoms with E-state index in [-0.39, 0.29) is 35.3 Å². The second-order valence-electron chi connectivity index (χ2n) is 28.6. The number of nitrogens with two attached hydrogens (primary N) is 1. The molecule has 2 N–H and O–H groups in total. The van der Waals surface area contributed by atoms with Gasteiger partial charge < -0.3 is 29.4 Å². The molecule has 2 saturated heterocycles. The third-order valence-electron chi connectivity index (χ3n) is 15.8. The number of halogens is 3. The standard InChI is InChI=1S/C39H42N4O4.C32H34N4O2.C7H10O3.C2H4Cl2.C2H3ClO.CH4/c1-25(2)23-46-31-15-7-27(8-16-31)33-19-20-34(28-9-17-32(18-10-28)47-24-26(3)4)38-37(33)40-43(41-38)30-13-11-29(12-14-30)42-35(44)21-39(5,6)22-36(42)45;1-21(2)19-37-27-13-5-23(6-14-27)29-17-18-30(24-7-15-28(16-8-24)38-20-22(3)4)32-31(29)34-36(35-32)26-11-9-25(33)10-12-26;1-7(2)3-5(8)10-6(9)4-7;3-1-2-4;1-2(3)4;/h7-20,25-26H,21-24H2,1-6H3;5-18,21-22H,19-20,33H2,1-4H3;3-4H2,1-2H3;1-2H2;1H3;1H4. The van der Waals surface area contributed by atoms with E-state index in [0.717, 1.165) is 95.3 Å². The molecule has 2 amide bonds. The maximum Gasteiger partial charge on any atom is 0.313 e. The number of nitrogens with zero attached hydrogens (tertiary/aromatic N) is 7. The van der Waals surface area contributed by atoms with Gasteiger partial charge in [0.25, 0.3) is 0 Å². The summed E-state index contributed by atoms with van der Waals surface area (Å²) in [5.41, 5.74) is 19.4. The Morgan fingerprint density at radius 2 is 0.663 bits per heavy atom. The normalized spacial score (nSPS) is 13.7. The van der Waals surface area contributed by atoms with Crippen molar-refractivity contribution in [3.05, 3.63) is 170 Å². The number of carbonyl (C=O) groups is 5. The SMILES string of the molecule is C.CC(=O)Cl.CC(C)COc1ccc(-c2ccc(-c3ccc(OCC(C)C)cc3)c3nn(-c4ccc(N)cc4)nc23)cc1.CC(C)COc1ccc(-c2ccc(-c3ccc(OCC(C)C)cc3)c3nn(-c4ccc(N5C(=O)CC(C)(C)CC5=O)cc4)nc23)cc1.CC1(C)CC(=O)OC(=O)C1.ClCCCl. The number of carbonyl (C=O) groups excluding carboxylic acids is 5. The lowest BCUT2D eigenvalue weighted by Crippen LogP contribution is -2.46. The molecule has 12 rings (SSSR count). The van der Waals surface area contributed by atoms with Crippen molar-refractivity contribution in [3.8, 4) is 78.9 Å². The zero-order valence-corrected chi connectivity index (χ0v) is 63.2. The zero-order valence-electron chi connectivity index (χ0n) is 61.0. The monoisotopic (exact) mass is 1470 g/mol. The van der Waals surface area contributed by atoms with Crippen LogP contribution in [-0.4, -0.2) is 97.2 Å². The number of rotatable bonds is 20. The van der Waals surface area contributed by atoms with E-state index in [0.29, 0.717) is 105 Å². The first-order valence-corrected chi connectivity index (χ1v) is 36.0. The predicted molar refractivity (Wildman–Crippen MR) is 420 cm³/mol. The summed E-state index contributed by atoms with van der Waals surface area (Å²) in [6, 6.07) is 55.7. The van der Waals surface area contributed by atoms with Gasteiger partial charge in [0, 0.05) is 59.5 Å². The number of aromatic nitrogens is 6. The molecule has 2 aliphatic heterocycles. The molecule has 21 heteroatoms. The number of esters is 2. The molecule has 0 atom stereocenters. The number of cyclic esters (lactones) is 2. The first-order chi connectivity index (χ1) is 49.0. The van der Waals surface area contributed by atoms with Crippen LogP contribution < -0.4 is 29.6 Å². The van der Waals surface area contributed by atoms with Crippen molar-refractivity contribution in [1.82, 2.24) is 30.0 Å². The molecule has 8 aromatic carbocycles. The highest BCUT2D eigenvalue weighted by Gasteiger charge is 2.38. The Bertz CT molecular complexity index is 4250. The van der Waals surface area contributed by atoms with Gasteiger partial charge in [-0.2, -0.15) is 9.59 Å². The summed E-state index contributed by atoms with van der Waals surface area (Å²) in [4.78, 5) is 60.8. The molecule has 2 aliphatic rings. The van der Waals surface area contributed by atoms with E-state index in [4.69, 9.17) is 68.3 Å². The summed E-state index contributed by atoms with van der Waals surface area (Å²) in [6.45, 7) is 28.7. The number of alkyl halides is 2. The van der Waals surface area contributed by atoms with Crippen molar-refractivity contribution in [3.63, 3.8) is 0 Å². The molecule has 0 unspecified atom stereocenters. The maximum atomic E-state index is 12.9. The number of piperidine rings is 1. The molecule has 0 aliphatic carbocycles. The number of amides is 2. The second-order valence-corrected chi connectivity index (χ2v) is 29.9. The fourth-order valence-electron chi connectivity index (χ4n) is 11.0. The summed E-state index contributed by atoms with van der Waals surface area (Å²) in [5.74, 6) is 5.15. The van der Waals surface area contributed by atoms with Crippen LogP contribution in [0, 0.1) is 34.5 Å². The van der Waals surface area contributed by atoms with E-state index in [9.17, 15) is 24.0 Å². The van der Waals surface area contributed by atoms with Gasteiger partial charge in [0.1, 0.15) is 45.1 Å². The lowest BCUT2D eigenvalue weighted by atomic mass is 9.81. The predicted octanol–water partition coefficient (Wildman–Crippen LogP) is 19.7. The van der Waals surface area contributed by atoms with Crippen LogP contribution in [-0.2, 0) is 28.7 Å². The summed E-state index contributed by atoms with van der Waals surface area (Å²) >= 11 is 14.7. The molecule has 550 valence electrons. The quantitative estimate of drug-likeness (QED) is 0.0187.